The molecule has 0 aromatic heterocycles. The van der Waals surface area contributed by atoms with E-state index in [9.17, 15) is 14.7 Å². The number of methoxy groups -OCH3 is 1. The van der Waals surface area contributed by atoms with Crippen LogP contribution in [0.4, 0.5) is 0 Å². The van der Waals surface area contributed by atoms with Crippen LogP contribution in [0.15, 0.2) is 24.3 Å². The van der Waals surface area contributed by atoms with Crippen LogP contribution in [-0.4, -0.2) is 47.2 Å². The standard InChI is InChI=1S/C22H28ClNO4/c1-22(27)10-7-18(8-11-22)24-12-9-17(21(24)26)14-16-5-3-15(13-19(16)23)4-6-20(25)28-2/h3-6,13,17-18,27H,7-12,14H2,1-2H3/b6-4+. The Kier molecular flexibility index (Phi) is 6.46. The van der Waals surface area contributed by atoms with Gasteiger partial charge in [-0.15, -0.1) is 0 Å². The lowest BCUT2D eigenvalue weighted by Crippen LogP contribution is -2.43. The average molecular weight is 406 g/mol. The van der Waals surface area contributed by atoms with Crippen molar-refractivity contribution >= 4 is 29.6 Å². The van der Waals surface area contributed by atoms with E-state index in [1.54, 1.807) is 12.1 Å². The first-order chi connectivity index (χ1) is 13.3. The lowest BCUT2D eigenvalue weighted by molar-refractivity contribution is -0.135. The number of halogens is 1. The number of amides is 1. The maximum atomic E-state index is 12.9. The van der Waals surface area contributed by atoms with Crippen molar-refractivity contribution in [1.82, 2.24) is 4.90 Å². The Hall–Kier alpha value is -1.85. The molecule has 0 radical (unpaired) electrons. The highest BCUT2D eigenvalue weighted by atomic mass is 35.5. The fourth-order valence-corrected chi connectivity index (χ4v) is 4.45. The van der Waals surface area contributed by atoms with Crippen molar-refractivity contribution in [1.29, 1.82) is 0 Å². The molecule has 1 N–H and O–H groups in total. The number of carbonyl (C=O) groups excluding carboxylic acids is 2. The van der Waals surface area contributed by atoms with Gasteiger partial charge in [-0.25, -0.2) is 4.79 Å². The van der Waals surface area contributed by atoms with Crippen molar-refractivity contribution in [3.63, 3.8) is 0 Å². The molecule has 1 aliphatic heterocycles. The molecular weight excluding hydrogens is 378 g/mol. The number of esters is 1. The molecule has 2 fully saturated rings. The molecule has 1 atom stereocenters. The summed E-state index contributed by atoms with van der Waals surface area (Å²) in [5.74, 6) is -0.255. The molecular formula is C22H28ClNO4. The summed E-state index contributed by atoms with van der Waals surface area (Å²) in [6.45, 7) is 2.66. The van der Waals surface area contributed by atoms with Gasteiger partial charge in [0.15, 0.2) is 0 Å². The van der Waals surface area contributed by atoms with Crippen molar-refractivity contribution in [3.8, 4) is 0 Å². The lowest BCUT2D eigenvalue weighted by atomic mass is 9.83. The minimum atomic E-state index is -0.587. The van der Waals surface area contributed by atoms with Crippen LogP contribution in [0.2, 0.25) is 5.02 Å². The molecule has 1 aromatic carbocycles. The summed E-state index contributed by atoms with van der Waals surface area (Å²) in [4.78, 5) is 26.1. The molecule has 1 aliphatic carbocycles. The Morgan fingerprint density at radius 2 is 2.07 bits per heavy atom. The van der Waals surface area contributed by atoms with Gasteiger partial charge in [-0.05, 0) is 68.7 Å². The summed E-state index contributed by atoms with van der Waals surface area (Å²) in [6.07, 6.45) is 7.71. The smallest absolute Gasteiger partial charge is 0.330 e. The molecule has 1 saturated carbocycles. The maximum absolute atomic E-state index is 12.9. The Balaban J connectivity index is 1.61. The zero-order chi connectivity index (χ0) is 20.3. The molecule has 1 aromatic rings. The molecule has 1 unspecified atom stereocenters. The zero-order valence-electron chi connectivity index (χ0n) is 16.5. The number of benzene rings is 1. The van der Waals surface area contributed by atoms with Crippen molar-refractivity contribution in [2.75, 3.05) is 13.7 Å². The Morgan fingerprint density at radius 1 is 1.36 bits per heavy atom. The van der Waals surface area contributed by atoms with E-state index < -0.39 is 11.6 Å². The van der Waals surface area contributed by atoms with Crippen LogP contribution in [0.25, 0.3) is 6.08 Å². The first-order valence-corrected chi connectivity index (χ1v) is 10.2. The first kappa shape index (κ1) is 20.9. The molecule has 28 heavy (non-hydrogen) atoms. The lowest BCUT2D eigenvalue weighted by Gasteiger charge is -2.37. The highest BCUT2D eigenvalue weighted by molar-refractivity contribution is 6.31. The topological polar surface area (TPSA) is 66.8 Å². The van der Waals surface area contributed by atoms with Crippen molar-refractivity contribution in [2.24, 2.45) is 5.92 Å². The molecule has 1 saturated heterocycles. The summed E-state index contributed by atoms with van der Waals surface area (Å²) in [5, 5.41) is 10.7. The van der Waals surface area contributed by atoms with Crippen LogP contribution in [0.5, 0.6) is 0 Å². The van der Waals surface area contributed by atoms with Gasteiger partial charge >= 0.3 is 5.97 Å². The van der Waals surface area contributed by atoms with Gasteiger partial charge in [-0.2, -0.15) is 0 Å². The predicted molar refractivity (Wildman–Crippen MR) is 109 cm³/mol. The highest BCUT2D eigenvalue weighted by Crippen LogP contribution is 2.35. The van der Waals surface area contributed by atoms with E-state index in [1.807, 2.05) is 24.0 Å². The summed E-state index contributed by atoms with van der Waals surface area (Å²) in [7, 11) is 1.33. The van der Waals surface area contributed by atoms with Gasteiger partial charge in [0, 0.05) is 29.6 Å². The molecule has 152 valence electrons. The number of rotatable bonds is 5. The maximum Gasteiger partial charge on any atom is 0.330 e. The van der Waals surface area contributed by atoms with E-state index in [-0.39, 0.29) is 17.9 Å². The second-order valence-electron chi connectivity index (χ2n) is 8.16. The van der Waals surface area contributed by atoms with E-state index in [1.165, 1.54) is 13.2 Å². The average Bonchev–Trinajstić information content (AvgIpc) is 3.02. The molecule has 0 spiro atoms. The Labute approximate surface area is 171 Å². The van der Waals surface area contributed by atoms with Gasteiger partial charge in [0.1, 0.15) is 0 Å². The van der Waals surface area contributed by atoms with Crippen molar-refractivity contribution in [2.45, 2.75) is 57.1 Å². The Morgan fingerprint density at radius 3 is 2.71 bits per heavy atom. The van der Waals surface area contributed by atoms with E-state index in [2.05, 4.69) is 4.74 Å². The summed E-state index contributed by atoms with van der Waals surface area (Å²) in [6, 6.07) is 5.87. The third-order valence-electron chi connectivity index (χ3n) is 5.98. The highest BCUT2D eigenvalue weighted by Gasteiger charge is 2.39. The van der Waals surface area contributed by atoms with Gasteiger partial charge in [0.25, 0.3) is 0 Å². The summed E-state index contributed by atoms with van der Waals surface area (Å²) >= 11 is 6.42. The number of aliphatic hydroxyl groups is 1. The molecule has 3 rings (SSSR count). The number of nitrogens with zero attached hydrogens (tertiary/aromatic N) is 1. The number of hydrogen-bond donors (Lipinski definition) is 1. The van der Waals surface area contributed by atoms with Crippen LogP contribution < -0.4 is 0 Å². The van der Waals surface area contributed by atoms with Gasteiger partial charge < -0.3 is 14.7 Å². The second-order valence-corrected chi connectivity index (χ2v) is 8.56. The Bertz CT molecular complexity index is 764. The SMILES string of the molecule is COC(=O)/C=C/c1ccc(CC2CCN(C3CCC(C)(O)CC3)C2=O)c(Cl)c1. The van der Waals surface area contributed by atoms with Crippen LogP contribution in [0, 0.1) is 5.92 Å². The molecule has 6 heteroatoms. The monoisotopic (exact) mass is 405 g/mol. The third-order valence-corrected chi connectivity index (χ3v) is 6.33. The van der Waals surface area contributed by atoms with E-state index in [0.29, 0.717) is 11.4 Å². The van der Waals surface area contributed by atoms with E-state index in [0.717, 1.165) is 49.8 Å². The molecule has 1 heterocycles. The number of carbonyl (C=O) groups is 2. The van der Waals surface area contributed by atoms with Crippen LogP contribution >= 0.6 is 11.6 Å². The fourth-order valence-electron chi connectivity index (χ4n) is 4.18. The van der Waals surface area contributed by atoms with Crippen molar-refractivity contribution < 1.29 is 19.4 Å². The van der Waals surface area contributed by atoms with Crippen LogP contribution in [0.1, 0.15) is 50.2 Å². The first-order valence-electron chi connectivity index (χ1n) is 9.86. The van der Waals surface area contributed by atoms with E-state index >= 15 is 0 Å². The van der Waals surface area contributed by atoms with Gasteiger partial charge in [-0.3, -0.25) is 4.79 Å². The summed E-state index contributed by atoms with van der Waals surface area (Å²) in [5.41, 5.74) is 1.17. The molecule has 5 nitrogen and oxygen atoms in total. The third kappa shape index (κ3) is 4.95. The summed E-state index contributed by atoms with van der Waals surface area (Å²) < 4.78 is 4.58. The molecule has 0 bridgehead atoms. The normalized spacial score (nSPS) is 28.1. The fraction of sp³-hybridized carbons (Fsp3) is 0.545. The molecule has 1 amide bonds. The zero-order valence-corrected chi connectivity index (χ0v) is 17.2. The minimum absolute atomic E-state index is 0.0450. The number of hydrogen-bond acceptors (Lipinski definition) is 4. The van der Waals surface area contributed by atoms with Gasteiger partial charge in [0.05, 0.1) is 12.7 Å². The molecule has 2 aliphatic rings. The van der Waals surface area contributed by atoms with Gasteiger partial charge in [0.2, 0.25) is 5.91 Å². The van der Waals surface area contributed by atoms with Crippen LogP contribution in [-0.2, 0) is 20.7 Å². The quantitative estimate of drug-likeness (QED) is 0.600. The van der Waals surface area contributed by atoms with Crippen molar-refractivity contribution in [3.05, 3.63) is 40.4 Å². The van der Waals surface area contributed by atoms with Gasteiger partial charge in [-0.1, -0.05) is 23.7 Å². The second kappa shape index (κ2) is 8.66. The number of ether oxygens (including phenoxy) is 1. The predicted octanol–water partition coefficient (Wildman–Crippen LogP) is 3.61. The van der Waals surface area contributed by atoms with Crippen LogP contribution in [0.3, 0.4) is 0 Å². The number of likely N-dealkylation sites (tertiary alicyclic amines) is 1. The largest absolute Gasteiger partial charge is 0.466 e. The van der Waals surface area contributed by atoms with E-state index in [4.69, 9.17) is 11.6 Å². The minimum Gasteiger partial charge on any atom is -0.466 e.